The lowest BCUT2D eigenvalue weighted by molar-refractivity contribution is -0.140. The zero-order valence-corrected chi connectivity index (χ0v) is 22.7. The van der Waals surface area contributed by atoms with E-state index in [2.05, 4.69) is 5.32 Å². The van der Waals surface area contributed by atoms with Crippen LogP contribution in [0.5, 0.6) is 5.75 Å². The zero-order chi connectivity index (χ0) is 27.9. The van der Waals surface area contributed by atoms with E-state index in [0.717, 1.165) is 34.1 Å². The highest BCUT2D eigenvalue weighted by Crippen LogP contribution is 2.26. The number of aryl methyl sites for hydroxylation is 1. The van der Waals surface area contributed by atoms with E-state index in [1.54, 1.807) is 55.5 Å². The van der Waals surface area contributed by atoms with Crippen LogP contribution in [0.4, 0.5) is 10.1 Å². The molecule has 0 heterocycles. The van der Waals surface area contributed by atoms with Gasteiger partial charge in [0.05, 0.1) is 17.7 Å². The number of hydrogen-bond donors (Lipinski definition) is 1. The minimum atomic E-state index is -4.26. The number of ether oxygens (including phenoxy) is 1. The van der Waals surface area contributed by atoms with Crippen molar-refractivity contribution in [3.63, 3.8) is 0 Å². The quantitative estimate of drug-likeness (QED) is 0.397. The molecule has 0 aliphatic heterocycles. The first-order valence-corrected chi connectivity index (χ1v) is 13.5. The van der Waals surface area contributed by atoms with E-state index in [9.17, 15) is 22.4 Å². The molecule has 8 nitrogen and oxygen atoms in total. The van der Waals surface area contributed by atoms with Crippen LogP contribution in [-0.2, 0) is 26.2 Å². The Hall–Kier alpha value is -3.92. The summed E-state index contributed by atoms with van der Waals surface area (Å²) in [7, 11) is -1.24. The Kier molecular flexibility index (Phi) is 9.46. The van der Waals surface area contributed by atoms with Crippen molar-refractivity contribution in [1.29, 1.82) is 0 Å². The molecular weight excluding hydrogens is 509 g/mol. The summed E-state index contributed by atoms with van der Waals surface area (Å²) in [6, 6.07) is 17.3. The molecule has 0 saturated carbocycles. The molecule has 3 aromatic carbocycles. The number of amides is 2. The molecule has 1 atom stereocenters. The highest BCUT2D eigenvalue weighted by atomic mass is 32.2. The average Bonchev–Trinajstić information content (AvgIpc) is 2.92. The maximum absolute atomic E-state index is 13.9. The predicted octanol–water partition coefficient (Wildman–Crippen LogP) is 3.89. The highest BCUT2D eigenvalue weighted by molar-refractivity contribution is 7.92. The fourth-order valence-corrected chi connectivity index (χ4v) is 5.44. The van der Waals surface area contributed by atoms with Crippen LogP contribution >= 0.6 is 0 Å². The van der Waals surface area contributed by atoms with E-state index in [0.29, 0.717) is 17.7 Å². The van der Waals surface area contributed by atoms with Gasteiger partial charge in [0.25, 0.3) is 10.0 Å². The fraction of sp³-hybridized carbons (Fsp3) is 0.286. The Morgan fingerprint density at radius 2 is 1.68 bits per heavy atom. The number of benzene rings is 3. The number of rotatable bonds is 11. The van der Waals surface area contributed by atoms with Crippen molar-refractivity contribution in [3.05, 3.63) is 89.7 Å². The molecule has 10 heteroatoms. The minimum absolute atomic E-state index is 0.0558. The van der Waals surface area contributed by atoms with E-state index in [1.165, 1.54) is 19.1 Å². The van der Waals surface area contributed by atoms with Crippen molar-refractivity contribution in [2.24, 2.45) is 0 Å². The van der Waals surface area contributed by atoms with Gasteiger partial charge in [0, 0.05) is 13.6 Å². The van der Waals surface area contributed by atoms with Crippen LogP contribution in [-0.4, -0.2) is 51.9 Å². The third-order valence-corrected chi connectivity index (χ3v) is 7.91. The molecule has 0 spiro atoms. The standard InChI is InChI=1S/C28H32FN3O5S/c1-5-26(28(34)30-3)31(18-21-7-6-8-24(17-21)37-4)27(33)19-32(23-13-9-20(2)10-14-23)38(35,36)25-15-11-22(29)12-16-25/h6-17,26H,5,18-19H2,1-4H3,(H,30,34)/t26-/m1/s1. The second kappa shape index (κ2) is 12.6. The smallest absolute Gasteiger partial charge is 0.264 e. The number of halogens is 1. The number of sulfonamides is 1. The van der Waals surface area contributed by atoms with Crippen LogP contribution in [0.15, 0.2) is 77.7 Å². The average molecular weight is 542 g/mol. The number of anilines is 1. The SMILES string of the molecule is CC[C@H](C(=O)NC)N(Cc1cccc(OC)c1)C(=O)CN(c1ccc(C)cc1)S(=O)(=O)c1ccc(F)cc1. The van der Waals surface area contributed by atoms with Crippen molar-refractivity contribution in [3.8, 4) is 5.75 Å². The summed E-state index contributed by atoms with van der Waals surface area (Å²) >= 11 is 0. The Morgan fingerprint density at radius 3 is 2.26 bits per heavy atom. The van der Waals surface area contributed by atoms with Gasteiger partial charge in [0.2, 0.25) is 11.8 Å². The van der Waals surface area contributed by atoms with Crippen LogP contribution in [0.1, 0.15) is 24.5 Å². The summed E-state index contributed by atoms with van der Waals surface area (Å²) < 4.78 is 47.2. The molecule has 38 heavy (non-hydrogen) atoms. The first-order valence-electron chi connectivity index (χ1n) is 12.1. The lowest BCUT2D eigenvalue weighted by atomic mass is 10.1. The summed E-state index contributed by atoms with van der Waals surface area (Å²) in [4.78, 5) is 27.8. The Balaban J connectivity index is 2.05. The van der Waals surface area contributed by atoms with Crippen LogP contribution in [0, 0.1) is 12.7 Å². The molecule has 0 aliphatic rings. The highest BCUT2D eigenvalue weighted by Gasteiger charge is 2.33. The first kappa shape index (κ1) is 28.6. The minimum Gasteiger partial charge on any atom is -0.497 e. The van der Waals surface area contributed by atoms with Gasteiger partial charge in [-0.05, 0) is 67.4 Å². The molecule has 0 saturated heterocycles. The number of carbonyl (C=O) groups excluding carboxylic acids is 2. The monoisotopic (exact) mass is 541 g/mol. The number of nitrogens with zero attached hydrogens (tertiary/aromatic N) is 2. The van der Waals surface area contributed by atoms with Crippen molar-refractivity contribution in [2.45, 2.75) is 37.8 Å². The van der Waals surface area contributed by atoms with Gasteiger partial charge < -0.3 is 15.0 Å². The normalized spacial score (nSPS) is 11.9. The molecule has 2 amide bonds. The van der Waals surface area contributed by atoms with E-state index in [-0.39, 0.29) is 23.0 Å². The van der Waals surface area contributed by atoms with Gasteiger partial charge in [-0.2, -0.15) is 0 Å². The molecule has 0 fully saturated rings. The van der Waals surface area contributed by atoms with Gasteiger partial charge in [0.1, 0.15) is 24.2 Å². The van der Waals surface area contributed by atoms with Crippen molar-refractivity contribution < 1.29 is 27.1 Å². The van der Waals surface area contributed by atoms with Crippen LogP contribution in [0.25, 0.3) is 0 Å². The van der Waals surface area contributed by atoms with Gasteiger partial charge in [-0.3, -0.25) is 13.9 Å². The van der Waals surface area contributed by atoms with E-state index in [4.69, 9.17) is 4.74 Å². The molecule has 0 radical (unpaired) electrons. The fourth-order valence-electron chi connectivity index (χ4n) is 4.03. The number of methoxy groups -OCH3 is 1. The van der Waals surface area contributed by atoms with Crippen molar-refractivity contribution in [2.75, 3.05) is 25.0 Å². The lowest BCUT2D eigenvalue weighted by Gasteiger charge is -2.33. The Labute approximate surface area is 223 Å². The molecule has 0 bridgehead atoms. The number of carbonyl (C=O) groups is 2. The maximum atomic E-state index is 13.9. The second-order valence-corrected chi connectivity index (χ2v) is 10.6. The van der Waals surface area contributed by atoms with Crippen LogP contribution in [0.3, 0.4) is 0 Å². The third kappa shape index (κ3) is 6.69. The number of nitrogens with one attached hydrogen (secondary N) is 1. The topological polar surface area (TPSA) is 96.0 Å². The molecule has 202 valence electrons. The first-order chi connectivity index (χ1) is 18.1. The largest absolute Gasteiger partial charge is 0.497 e. The third-order valence-electron chi connectivity index (χ3n) is 6.12. The van der Waals surface area contributed by atoms with Gasteiger partial charge in [-0.25, -0.2) is 12.8 Å². The lowest BCUT2D eigenvalue weighted by Crippen LogP contribution is -2.51. The summed E-state index contributed by atoms with van der Waals surface area (Å²) in [5, 5.41) is 2.59. The summed E-state index contributed by atoms with van der Waals surface area (Å²) in [5.74, 6) is -0.938. The van der Waals surface area contributed by atoms with Crippen LogP contribution in [0.2, 0.25) is 0 Å². The molecule has 3 aromatic rings. The predicted molar refractivity (Wildman–Crippen MR) is 144 cm³/mol. The van der Waals surface area contributed by atoms with E-state index < -0.39 is 34.3 Å². The summed E-state index contributed by atoms with van der Waals surface area (Å²) in [6.45, 7) is 3.12. The molecule has 0 aromatic heterocycles. The molecule has 0 aliphatic carbocycles. The molecule has 0 unspecified atom stereocenters. The molecule has 3 rings (SSSR count). The Morgan fingerprint density at radius 1 is 1.03 bits per heavy atom. The van der Waals surface area contributed by atoms with Crippen LogP contribution < -0.4 is 14.4 Å². The maximum Gasteiger partial charge on any atom is 0.264 e. The van der Waals surface area contributed by atoms with Gasteiger partial charge >= 0.3 is 0 Å². The van der Waals surface area contributed by atoms with E-state index >= 15 is 0 Å². The van der Waals surface area contributed by atoms with Crippen molar-refractivity contribution in [1.82, 2.24) is 10.2 Å². The second-order valence-electron chi connectivity index (χ2n) is 8.71. The number of likely N-dealkylation sites (N-methyl/N-ethyl adjacent to an activating group) is 1. The zero-order valence-electron chi connectivity index (χ0n) is 21.8. The summed E-state index contributed by atoms with van der Waals surface area (Å²) in [6.07, 6.45) is 0.310. The molecule has 1 N–H and O–H groups in total. The Bertz CT molecular complexity index is 1360. The van der Waals surface area contributed by atoms with Gasteiger partial charge in [-0.15, -0.1) is 0 Å². The van der Waals surface area contributed by atoms with E-state index in [1.807, 2.05) is 6.92 Å². The van der Waals surface area contributed by atoms with Gasteiger partial charge in [0.15, 0.2) is 0 Å². The van der Waals surface area contributed by atoms with Gasteiger partial charge in [-0.1, -0.05) is 36.8 Å². The van der Waals surface area contributed by atoms with Crippen molar-refractivity contribution >= 4 is 27.5 Å². The summed E-state index contributed by atoms with van der Waals surface area (Å²) in [5.41, 5.74) is 1.88. The number of hydrogen-bond acceptors (Lipinski definition) is 5. The molecular formula is C28H32FN3O5S.